The van der Waals surface area contributed by atoms with Crippen LogP contribution in [0.1, 0.15) is 78.6 Å². The summed E-state index contributed by atoms with van der Waals surface area (Å²) in [6.45, 7) is 9.60. The second-order valence-corrected chi connectivity index (χ2v) is 11.0. The highest BCUT2D eigenvalue weighted by Crippen LogP contribution is 2.32. The molecule has 33 heavy (non-hydrogen) atoms. The monoisotopic (exact) mass is 465 g/mol. The third kappa shape index (κ3) is 7.51. The molecule has 2 saturated heterocycles. The molecule has 0 aromatic carbocycles. The van der Waals surface area contributed by atoms with Gasteiger partial charge in [-0.2, -0.15) is 0 Å². The second kappa shape index (κ2) is 11.4. The maximum Gasteiger partial charge on any atom is 0.410 e. The first kappa shape index (κ1) is 25.6. The van der Waals surface area contributed by atoms with Crippen molar-refractivity contribution in [1.82, 2.24) is 14.7 Å². The number of hydrogen-bond donors (Lipinski definition) is 0. The Kier molecular flexibility index (Phi) is 8.88. The fourth-order valence-electron chi connectivity index (χ4n) is 5.39. The first-order valence-corrected chi connectivity index (χ1v) is 12.8. The second-order valence-electron chi connectivity index (χ2n) is 11.0. The molecule has 0 radical (unpaired) electrons. The number of amides is 3. The smallest absolute Gasteiger partial charge is 0.410 e. The standard InChI is InChI=1S/C25H43N3O5/c1-25(2,3)33-24(31)27-15-12-20(13-16-27)11-14-26-17-18-28(23(26)30)21-8-5-19(6-9-21)7-10-22(29)32-4/h19-21H,5-18H2,1-4H3. The van der Waals surface area contributed by atoms with Crippen LogP contribution < -0.4 is 0 Å². The van der Waals surface area contributed by atoms with Crippen molar-refractivity contribution in [3.63, 3.8) is 0 Å². The number of urea groups is 1. The molecule has 1 saturated carbocycles. The van der Waals surface area contributed by atoms with E-state index in [4.69, 9.17) is 9.47 Å². The minimum atomic E-state index is -0.460. The predicted molar refractivity (Wildman–Crippen MR) is 126 cm³/mol. The third-order valence-corrected chi connectivity index (χ3v) is 7.44. The van der Waals surface area contributed by atoms with Gasteiger partial charge in [0.2, 0.25) is 0 Å². The normalized spacial score (nSPS) is 24.8. The highest BCUT2D eigenvalue weighted by atomic mass is 16.6. The van der Waals surface area contributed by atoms with Crippen LogP contribution in [0.2, 0.25) is 0 Å². The molecule has 0 spiro atoms. The summed E-state index contributed by atoms with van der Waals surface area (Å²) >= 11 is 0. The Bertz CT molecular complexity index is 676. The van der Waals surface area contributed by atoms with Crippen molar-refractivity contribution in [2.24, 2.45) is 11.8 Å². The molecular weight excluding hydrogens is 422 g/mol. The summed E-state index contributed by atoms with van der Waals surface area (Å²) < 4.78 is 10.2. The zero-order chi connectivity index (χ0) is 24.0. The van der Waals surface area contributed by atoms with E-state index in [9.17, 15) is 14.4 Å². The average Bonchev–Trinajstić information content (AvgIpc) is 3.15. The first-order valence-electron chi connectivity index (χ1n) is 12.8. The Balaban J connectivity index is 1.34. The zero-order valence-electron chi connectivity index (χ0n) is 21.0. The molecule has 8 nitrogen and oxygen atoms in total. The summed E-state index contributed by atoms with van der Waals surface area (Å²) in [5.74, 6) is 0.995. The molecule has 8 heteroatoms. The van der Waals surface area contributed by atoms with E-state index < -0.39 is 5.60 Å². The summed E-state index contributed by atoms with van der Waals surface area (Å²) in [7, 11) is 1.44. The van der Waals surface area contributed by atoms with E-state index in [1.165, 1.54) is 7.11 Å². The minimum Gasteiger partial charge on any atom is -0.469 e. The maximum atomic E-state index is 13.0. The lowest BCUT2D eigenvalue weighted by atomic mass is 9.83. The van der Waals surface area contributed by atoms with Gasteiger partial charge in [0.15, 0.2) is 0 Å². The van der Waals surface area contributed by atoms with Crippen molar-refractivity contribution in [1.29, 1.82) is 0 Å². The van der Waals surface area contributed by atoms with Crippen LogP contribution in [-0.4, -0.2) is 84.3 Å². The van der Waals surface area contributed by atoms with Gasteiger partial charge in [0.05, 0.1) is 7.11 Å². The van der Waals surface area contributed by atoms with Crippen LogP contribution in [0, 0.1) is 11.8 Å². The van der Waals surface area contributed by atoms with E-state index in [0.717, 1.165) is 84.1 Å². The molecule has 0 N–H and O–H groups in total. The Morgan fingerprint density at radius 3 is 2.15 bits per heavy atom. The van der Waals surface area contributed by atoms with Crippen molar-refractivity contribution in [2.45, 2.75) is 90.2 Å². The number of piperidine rings is 1. The molecular formula is C25H43N3O5. The van der Waals surface area contributed by atoms with E-state index in [-0.39, 0.29) is 18.1 Å². The molecule has 3 amide bonds. The first-order chi connectivity index (χ1) is 15.7. The minimum absolute atomic E-state index is 0.127. The van der Waals surface area contributed by atoms with Gasteiger partial charge < -0.3 is 24.2 Å². The van der Waals surface area contributed by atoms with E-state index in [2.05, 4.69) is 4.90 Å². The summed E-state index contributed by atoms with van der Waals surface area (Å²) in [5.41, 5.74) is -0.460. The summed E-state index contributed by atoms with van der Waals surface area (Å²) in [5, 5.41) is 0. The lowest BCUT2D eigenvalue weighted by molar-refractivity contribution is -0.141. The average molecular weight is 466 g/mol. The van der Waals surface area contributed by atoms with Gasteiger partial charge in [-0.05, 0) is 84.0 Å². The fraction of sp³-hybridized carbons (Fsp3) is 0.880. The number of likely N-dealkylation sites (tertiary alicyclic amines) is 1. The highest BCUT2D eigenvalue weighted by molar-refractivity contribution is 5.77. The molecule has 0 aromatic heterocycles. The largest absolute Gasteiger partial charge is 0.469 e. The molecule has 3 rings (SSSR count). The van der Waals surface area contributed by atoms with Crippen LogP contribution in [-0.2, 0) is 14.3 Å². The van der Waals surface area contributed by atoms with Crippen LogP contribution in [0.25, 0.3) is 0 Å². The molecule has 3 fully saturated rings. The van der Waals surface area contributed by atoms with Gasteiger partial charge in [-0.15, -0.1) is 0 Å². The number of carbonyl (C=O) groups excluding carboxylic acids is 3. The quantitative estimate of drug-likeness (QED) is 0.525. The van der Waals surface area contributed by atoms with E-state index >= 15 is 0 Å². The van der Waals surface area contributed by atoms with Crippen molar-refractivity contribution in [3.8, 4) is 0 Å². The number of methoxy groups -OCH3 is 1. The van der Waals surface area contributed by atoms with Gasteiger partial charge in [0, 0.05) is 45.2 Å². The molecule has 2 heterocycles. The lowest BCUT2D eigenvalue weighted by Crippen LogP contribution is -2.43. The predicted octanol–water partition coefficient (Wildman–Crippen LogP) is 4.27. The number of ether oxygens (including phenoxy) is 2. The van der Waals surface area contributed by atoms with Gasteiger partial charge in [-0.25, -0.2) is 9.59 Å². The zero-order valence-corrected chi connectivity index (χ0v) is 21.0. The van der Waals surface area contributed by atoms with E-state index in [1.807, 2.05) is 30.6 Å². The number of carbonyl (C=O) groups is 3. The van der Waals surface area contributed by atoms with Gasteiger partial charge in [-0.1, -0.05) is 0 Å². The maximum absolute atomic E-state index is 13.0. The number of hydrogen-bond acceptors (Lipinski definition) is 5. The molecule has 2 aliphatic heterocycles. The lowest BCUT2D eigenvalue weighted by Gasteiger charge is -2.35. The molecule has 0 unspecified atom stereocenters. The highest BCUT2D eigenvalue weighted by Gasteiger charge is 2.36. The molecule has 3 aliphatic rings. The Hall–Kier alpha value is -1.99. The van der Waals surface area contributed by atoms with Crippen molar-refractivity contribution in [3.05, 3.63) is 0 Å². The molecule has 0 atom stereocenters. The van der Waals surface area contributed by atoms with Gasteiger partial charge >= 0.3 is 18.1 Å². The van der Waals surface area contributed by atoms with Crippen LogP contribution in [0.5, 0.6) is 0 Å². The molecule has 0 bridgehead atoms. The summed E-state index contributed by atoms with van der Waals surface area (Å²) in [4.78, 5) is 42.5. The van der Waals surface area contributed by atoms with Crippen LogP contribution in [0.3, 0.4) is 0 Å². The van der Waals surface area contributed by atoms with Gasteiger partial charge in [0.1, 0.15) is 5.60 Å². The topological polar surface area (TPSA) is 79.4 Å². The van der Waals surface area contributed by atoms with Crippen molar-refractivity contribution in [2.75, 3.05) is 39.8 Å². The van der Waals surface area contributed by atoms with Crippen LogP contribution in [0.4, 0.5) is 9.59 Å². The van der Waals surface area contributed by atoms with E-state index in [1.54, 1.807) is 0 Å². The van der Waals surface area contributed by atoms with Gasteiger partial charge in [-0.3, -0.25) is 4.79 Å². The number of rotatable bonds is 7. The number of esters is 1. The van der Waals surface area contributed by atoms with E-state index in [0.29, 0.717) is 24.3 Å². The summed E-state index contributed by atoms with van der Waals surface area (Å²) in [6.07, 6.45) is 8.37. The van der Waals surface area contributed by atoms with Crippen LogP contribution >= 0.6 is 0 Å². The molecule has 0 aromatic rings. The van der Waals surface area contributed by atoms with Crippen molar-refractivity contribution < 1.29 is 23.9 Å². The van der Waals surface area contributed by atoms with Gasteiger partial charge in [0.25, 0.3) is 0 Å². The SMILES string of the molecule is COC(=O)CCC1CCC(N2CCN(CCC3CCN(C(=O)OC(C)(C)C)CC3)C2=O)CC1. The molecule has 188 valence electrons. The summed E-state index contributed by atoms with van der Waals surface area (Å²) in [6, 6.07) is 0.535. The molecule has 1 aliphatic carbocycles. The fourth-order valence-corrected chi connectivity index (χ4v) is 5.39. The van der Waals surface area contributed by atoms with Crippen molar-refractivity contribution >= 4 is 18.1 Å². The van der Waals surface area contributed by atoms with Crippen LogP contribution in [0.15, 0.2) is 0 Å². The Labute approximate surface area is 198 Å². The Morgan fingerprint density at radius 1 is 0.909 bits per heavy atom. The number of nitrogens with zero attached hydrogens (tertiary/aromatic N) is 3. The Morgan fingerprint density at radius 2 is 1.55 bits per heavy atom. The third-order valence-electron chi connectivity index (χ3n) is 7.44.